The summed E-state index contributed by atoms with van der Waals surface area (Å²) in [5.74, 6) is 1.55. The van der Waals surface area contributed by atoms with Crippen LogP contribution >= 0.6 is 11.3 Å². The van der Waals surface area contributed by atoms with Crippen LogP contribution in [0, 0.1) is 5.41 Å². The van der Waals surface area contributed by atoms with Crippen molar-refractivity contribution in [3.63, 3.8) is 0 Å². The van der Waals surface area contributed by atoms with Crippen LogP contribution in [0.1, 0.15) is 77.4 Å². The summed E-state index contributed by atoms with van der Waals surface area (Å²) in [5.41, 5.74) is 2.68. The molecule has 0 radical (unpaired) electrons. The van der Waals surface area contributed by atoms with Gasteiger partial charge in [-0.1, -0.05) is 18.0 Å². The Morgan fingerprint density at radius 2 is 2.09 bits per heavy atom. The van der Waals surface area contributed by atoms with Crippen molar-refractivity contribution in [2.45, 2.75) is 50.5 Å². The van der Waals surface area contributed by atoms with Gasteiger partial charge in [0.2, 0.25) is 6.41 Å². The fourth-order valence-corrected chi connectivity index (χ4v) is 6.41. The van der Waals surface area contributed by atoms with Crippen LogP contribution < -0.4 is 0 Å². The predicted molar refractivity (Wildman–Crippen MR) is 122 cm³/mol. The van der Waals surface area contributed by atoms with E-state index in [4.69, 9.17) is 9.51 Å². The van der Waals surface area contributed by atoms with Gasteiger partial charge >= 0.3 is 0 Å². The molecule has 1 spiro atoms. The Morgan fingerprint density at radius 1 is 1.26 bits per heavy atom. The molecule has 2 atom stereocenters. The summed E-state index contributed by atoms with van der Waals surface area (Å²) in [6.07, 6.45) is 11.5. The second-order valence-electron chi connectivity index (χ2n) is 9.88. The lowest BCUT2D eigenvalue weighted by atomic mass is 9.71. The molecule has 6 rings (SSSR count). The molecule has 3 aliphatic rings. The number of carbonyl (C=O) groups excluding carboxylic acids is 2. The van der Waals surface area contributed by atoms with E-state index in [1.165, 1.54) is 42.6 Å². The van der Waals surface area contributed by atoms with Crippen molar-refractivity contribution in [3.8, 4) is 0 Å². The topological polar surface area (TPSA) is 110 Å². The van der Waals surface area contributed by atoms with Gasteiger partial charge < -0.3 is 14.3 Å². The molecule has 10 nitrogen and oxygen atoms in total. The van der Waals surface area contributed by atoms with Crippen LogP contribution in [-0.4, -0.2) is 73.2 Å². The van der Waals surface area contributed by atoms with Gasteiger partial charge in [-0.05, 0) is 31.2 Å². The van der Waals surface area contributed by atoms with Crippen LogP contribution in [0.3, 0.4) is 0 Å². The Kier molecular flexibility index (Phi) is 5.23. The summed E-state index contributed by atoms with van der Waals surface area (Å²) in [4.78, 5) is 37.3. The van der Waals surface area contributed by atoms with Gasteiger partial charge in [-0.3, -0.25) is 19.3 Å². The number of carbonyl (C=O) groups is 2. The van der Waals surface area contributed by atoms with Crippen molar-refractivity contribution < 1.29 is 14.1 Å². The standard InChI is InChI=1S/C23H27N7O3S/c1-15(30-8-17(6-25-30)16-4-2-3-5-16)21-26-20(27-33-21)18-9-29(22(32)19-7-24-13-34-19)12-23(18)10-28(11-23)14-31/h6-8,13-16,18H,2-5,9-12H2,1H3. The number of hydrogen-bond acceptors (Lipinski definition) is 8. The monoisotopic (exact) mass is 481 g/mol. The van der Waals surface area contributed by atoms with Crippen LogP contribution in [0.5, 0.6) is 0 Å². The molecule has 2 unspecified atom stereocenters. The first-order chi connectivity index (χ1) is 16.6. The lowest BCUT2D eigenvalue weighted by Crippen LogP contribution is -2.59. The third-order valence-corrected chi connectivity index (χ3v) is 8.50. The Balaban J connectivity index is 1.23. The lowest BCUT2D eigenvalue weighted by molar-refractivity contribution is -0.129. The second-order valence-corrected chi connectivity index (χ2v) is 10.8. The van der Waals surface area contributed by atoms with E-state index in [1.807, 2.05) is 22.7 Å². The molecular formula is C23H27N7O3S. The Bertz CT molecular complexity index is 1180. The minimum absolute atomic E-state index is 0.0398. The van der Waals surface area contributed by atoms with E-state index >= 15 is 0 Å². The van der Waals surface area contributed by atoms with Gasteiger partial charge in [-0.15, -0.1) is 11.3 Å². The van der Waals surface area contributed by atoms with Crippen molar-refractivity contribution in [1.82, 2.24) is 34.7 Å². The average Bonchev–Trinajstić information content (AvgIpc) is 3.65. The molecule has 178 valence electrons. The lowest BCUT2D eigenvalue weighted by Gasteiger charge is -2.48. The largest absolute Gasteiger partial charge is 0.344 e. The molecule has 2 aliphatic heterocycles. The predicted octanol–water partition coefficient (Wildman–Crippen LogP) is 2.69. The van der Waals surface area contributed by atoms with Crippen molar-refractivity contribution in [2.24, 2.45) is 5.41 Å². The van der Waals surface area contributed by atoms with Gasteiger partial charge in [0, 0.05) is 37.8 Å². The molecule has 3 aromatic heterocycles. The first-order valence-electron chi connectivity index (χ1n) is 11.8. The number of rotatable bonds is 6. The van der Waals surface area contributed by atoms with Crippen LogP contribution in [0.4, 0.5) is 0 Å². The third-order valence-electron chi connectivity index (χ3n) is 7.73. The average molecular weight is 482 g/mol. The highest BCUT2D eigenvalue weighted by atomic mass is 32.1. The zero-order valence-electron chi connectivity index (χ0n) is 19.0. The molecule has 1 saturated carbocycles. The first-order valence-corrected chi connectivity index (χ1v) is 12.7. The van der Waals surface area contributed by atoms with Crippen molar-refractivity contribution >= 4 is 23.7 Å². The molecular weight excluding hydrogens is 454 g/mol. The molecule has 2 amide bonds. The van der Waals surface area contributed by atoms with Gasteiger partial charge in [0.1, 0.15) is 10.9 Å². The Morgan fingerprint density at radius 3 is 2.82 bits per heavy atom. The minimum Gasteiger partial charge on any atom is -0.344 e. The van der Waals surface area contributed by atoms with E-state index in [2.05, 4.69) is 21.4 Å². The van der Waals surface area contributed by atoms with Crippen molar-refractivity contribution in [1.29, 1.82) is 0 Å². The third kappa shape index (κ3) is 3.53. The molecule has 1 aliphatic carbocycles. The summed E-state index contributed by atoms with van der Waals surface area (Å²) >= 11 is 1.33. The Hall–Kier alpha value is -3.08. The van der Waals surface area contributed by atoms with Gasteiger partial charge in [-0.2, -0.15) is 10.1 Å². The molecule has 5 heterocycles. The molecule has 34 heavy (non-hydrogen) atoms. The van der Waals surface area contributed by atoms with Gasteiger partial charge in [0.15, 0.2) is 5.82 Å². The number of amides is 2. The molecule has 2 saturated heterocycles. The molecule has 11 heteroatoms. The highest BCUT2D eigenvalue weighted by molar-refractivity contribution is 7.11. The van der Waals surface area contributed by atoms with Gasteiger partial charge in [0.05, 0.1) is 23.8 Å². The molecule has 3 fully saturated rings. The van der Waals surface area contributed by atoms with E-state index < -0.39 is 0 Å². The van der Waals surface area contributed by atoms with Crippen LogP contribution in [0.2, 0.25) is 0 Å². The molecule has 0 aromatic carbocycles. The Labute approximate surface area is 200 Å². The summed E-state index contributed by atoms with van der Waals surface area (Å²) in [7, 11) is 0. The van der Waals surface area contributed by atoms with Gasteiger partial charge in [-0.25, -0.2) is 0 Å². The normalized spacial score (nSPS) is 22.9. The van der Waals surface area contributed by atoms with E-state index in [1.54, 1.807) is 16.6 Å². The zero-order chi connectivity index (χ0) is 23.3. The number of thiazole rings is 1. The number of likely N-dealkylation sites (tertiary alicyclic amines) is 2. The van der Waals surface area contributed by atoms with Crippen molar-refractivity contribution in [2.75, 3.05) is 26.2 Å². The number of aromatic nitrogens is 5. The van der Waals surface area contributed by atoms with Crippen molar-refractivity contribution in [3.05, 3.63) is 46.3 Å². The van der Waals surface area contributed by atoms with E-state index in [0.717, 1.165) is 6.41 Å². The summed E-state index contributed by atoms with van der Waals surface area (Å²) in [5, 5.41) is 8.90. The fourth-order valence-electron chi connectivity index (χ4n) is 5.82. The first kappa shape index (κ1) is 21.5. The quantitative estimate of drug-likeness (QED) is 0.498. The summed E-state index contributed by atoms with van der Waals surface area (Å²) in [6.45, 7) is 4.21. The number of nitrogens with zero attached hydrogens (tertiary/aromatic N) is 7. The summed E-state index contributed by atoms with van der Waals surface area (Å²) in [6, 6.07) is -0.184. The maximum Gasteiger partial charge on any atom is 0.265 e. The van der Waals surface area contributed by atoms with E-state index in [0.29, 0.717) is 48.7 Å². The van der Waals surface area contributed by atoms with E-state index in [-0.39, 0.29) is 23.3 Å². The minimum atomic E-state index is -0.257. The SMILES string of the molecule is CC(c1nc(C2CN(C(=O)c3cncs3)CC23CN(C=O)C3)no1)n1cc(C2CCCC2)cn1. The van der Waals surface area contributed by atoms with Crippen LogP contribution in [0.25, 0.3) is 0 Å². The molecule has 3 aromatic rings. The summed E-state index contributed by atoms with van der Waals surface area (Å²) < 4.78 is 7.59. The van der Waals surface area contributed by atoms with Gasteiger partial charge in [0.25, 0.3) is 11.8 Å². The molecule has 0 N–H and O–H groups in total. The smallest absolute Gasteiger partial charge is 0.265 e. The zero-order valence-corrected chi connectivity index (χ0v) is 19.9. The molecule has 0 bridgehead atoms. The second kappa shape index (κ2) is 8.30. The van der Waals surface area contributed by atoms with E-state index in [9.17, 15) is 9.59 Å². The van der Waals surface area contributed by atoms with Crippen LogP contribution in [0.15, 0.2) is 28.6 Å². The van der Waals surface area contributed by atoms with Crippen LogP contribution in [-0.2, 0) is 4.79 Å². The highest BCUT2D eigenvalue weighted by Gasteiger charge is 2.57. The maximum absolute atomic E-state index is 13.0. The highest BCUT2D eigenvalue weighted by Crippen LogP contribution is 2.48. The fraction of sp³-hybridized carbons (Fsp3) is 0.565. The maximum atomic E-state index is 13.0. The number of hydrogen-bond donors (Lipinski definition) is 0.